The Morgan fingerprint density at radius 2 is 2.42 bits per heavy atom. The van der Waals surface area contributed by atoms with Gasteiger partial charge in [-0.3, -0.25) is 4.79 Å². The Hall–Kier alpha value is -0.100. The molecule has 0 radical (unpaired) electrons. The van der Waals surface area contributed by atoms with Gasteiger partial charge in [0.1, 0.15) is 0 Å². The molecule has 0 spiro atoms. The number of carbonyl (C=O) groups is 1. The van der Waals surface area contributed by atoms with Crippen LogP contribution in [0.1, 0.15) is 24.6 Å². The van der Waals surface area contributed by atoms with Crippen molar-refractivity contribution < 1.29 is 4.79 Å². The minimum Gasteiger partial charge on any atom is -0.353 e. The van der Waals surface area contributed by atoms with Crippen LogP contribution in [0.4, 0.5) is 0 Å². The van der Waals surface area contributed by atoms with Crippen LogP contribution in [0, 0.1) is 5.92 Å². The number of amides is 1. The lowest BCUT2D eigenvalue weighted by atomic mass is 9.95. The highest BCUT2D eigenvalue weighted by Gasteiger charge is 2.22. The average molecular weight is 368 g/mol. The summed E-state index contributed by atoms with van der Waals surface area (Å²) in [6.45, 7) is 4.20. The smallest absolute Gasteiger partial charge is 0.220 e. The minimum absolute atomic E-state index is 0. The Morgan fingerprint density at radius 3 is 3.05 bits per heavy atom. The highest BCUT2D eigenvalue weighted by molar-refractivity contribution is 9.10. The van der Waals surface area contributed by atoms with Crippen molar-refractivity contribution in [2.45, 2.75) is 32.2 Å². The van der Waals surface area contributed by atoms with Gasteiger partial charge in [-0.05, 0) is 53.8 Å². The van der Waals surface area contributed by atoms with Crippen LogP contribution in [0.5, 0.6) is 0 Å². The monoisotopic (exact) mass is 366 g/mol. The van der Waals surface area contributed by atoms with Crippen molar-refractivity contribution in [1.82, 2.24) is 10.6 Å². The van der Waals surface area contributed by atoms with Gasteiger partial charge >= 0.3 is 0 Å². The van der Waals surface area contributed by atoms with E-state index >= 15 is 0 Å². The van der Waals surface area contributed by atoms with Crippen LogP contribution < -0.4 is 10.6 Å². The second kappa shape index (κ2) is 8.25. The number of nitrogens with one attached hydrogen (secondary N) is 2. The fraction of sp³-hybridized carbons (Fsp3) is 0.615. The van der Waals surface area contributed by atoms with Gasteiger partial charge in [-0.2, -0.15) is 0 Å². The van der Waals surface area contributed by atoms with Gasteiger partial charge in [0.15, 0.2) is 0 Å². The summed E-state index contributed by atoms with van der Waals surface area (Å²) in [6, 6.07) is 2.43. The van der Waals surface area contributed by atoms with E-state index in [9.17, 15) is 4.79 Å². The molecule has 2 unspecified atom stereocenters. The van der Waals surface area contributed by atoms with Crippen LogP contribution in [0.3, 0.4) is 0 Å². The molecule has 1 aliphatic heterocycles. The first kappa shape index (κ1) is 17.0. The molecular weight excluding hydrogens is 348 g/mol. The number of piperidine rings is 1. The van der Waals surface area contributed by atoms with Gasteiger partial charge in [0, 0.05) is 27.2 Å². The molecule has 1 amide bonds. The van der Waals surface area contributed by atoms with Crippen LogP contribution in [-0.2, 0) is 11.2 Å². The molecule has 0 aromatic carbocycles. The van der Waals surface area contributed by atoms with Crippen molar-refractivity contribution in [3.05, 3.63) is 20.8 Å². The Bertz CT molecular complexity index is 413. The number of aryl methyl sites for hydroxylation is 1. The number of thiophene rings is 1. The van der Waals surface area contributed by atoms with E-state index in [4.69, 9.17) is 0 Å². The van der Waals surface area contributed by atoms with Crippen molar-refractivity contribution in [2.75, 3.05) is 13.1 Å². The Morgan fingerprint density at radius 1 is 1.63 bits per heavy atom. The Balaban J connectivity index is 0.00000180. The lowest BCUT2D eigenvalue weighted by Crippen LogP contribution is -2.48. The van der Waals surface area contributed by atoms with Crippen molar-refractivity contribution in [2.24, 2.45) is 5.92 Å². The lowest BCUT2D eigenvalue weighted by molar-refractivity contribution is -0.122. The molecule has 3 nitrogen and oxygen atoms in total. The minimum atomic E-state index is 0. The predicted octanol–water partition coefficient (Wildman–Crippen LogP) is 2.98. The largest absolute Gasteiger partial charge is 0.353 e. The summed E-state index contributed by atoms with van der Waals surface area (Å²) in [4.78, 5) is 13.2. The maximum atomic E-state index is 11.9. The molecule has 0 saturated carbocycles. The van der Waals surface area contributed by atoms with Gasteiger partial charge in [-0.1, -0.05) is 6.92 Å². The summed E-state index contributed by atoms with van der Waals surface area (Å²) < 4.78 is 1.11. The molecule has 108 valence electrons. The zero-order valence-corrected chi connectivity index (χ0v) is 14.2. The summed E-state index contributed by atoms with van der Waals surface area (Å²) in [7, 11) is 0. The third-order valence-electron chi connectivity index (χ3n) is 3.35. The average Bonchev–Trinajstić information content (AvgIpc) is 2.76. The molecule has 1 fully saturated rings. The second-order valence-corrected chi connectivity index (χ2v) is 6.79. The number of carbonyl (C=O) groups excluding carboxylic acids is 1. The van der Waals surface area contributed by atoms with E-state index in [2.05, 4.69) is 44.9 Å². The van der Waals surface area contributed by atoms with Gasteiger partial charge in [0.2, 0.25) is 5.91 Å². The van der Waals surface area contributed by atoms with E-state index in [0.29, 0.717) is 18.4 Å². The molecular formula is C13H20BrClN2OS. The molecule has 1 aromatic heterocycles. The van der Waals surface area contributed by atoms with Crippen molar-refractivity contribution in [1.29, 1.82) is 0 Å². The highest BCUT2D eigenvalue weighted by atomic mass is 79.9. The van der Waals surface area contributed by atoms with Crippen LogP contribution in [0.15, 0.2) is 15.9 Å². The second-order valence-electron chi connectivity index (χ2n) is 4.88. The summed E-state index contributed by atoms with van der Waals surface area (Å²) in [6.07, 6.45) is 2.46. The fourth-order valence-electron chi connectivity index (χ4n) is 2.23. The van der Waals surface area contributed by atoms with E-state index in [1.807, 2.05) is 0 Å². The standard InChI is InChI=1S/C13H19BrN2OS.ClH/c1-9-7-15-5-4-12(9)16-13(17)3-2-11-6-10(14)8-18-11;/h6,8-9,12,15H,2-5,7H2,1H3,(H,16,17);1H. The van der Waals surface area contributed by atoms with Gasteiger partial charge < -0.3 is 10.6 Å². The number of hydrogen-bond donors (Lipinski definition) is 2. The molecule has 2 heterocycles. The van der Waals surface area contributed by atoms with Gasteiger partial charge in [0.25, 0.3) is 0 Å². The predicted molar refractivity (Wildman–Crippen MR) is 86.2 cm³/mol. The van der Waals surface area contributed by atoms with E-state index < -0.39 is 0 Å². The molecule has 1 aromatic rings. The summed E-state index contributed by atoms with van der Waals surface area (Å²) in [5.74, 6) is 0.705. The Labute approximate surface area is 133 Å². The molecule has 19 heavy (non-hydrogen) atoms. The van der Waals surface area contributed by atoms with Gasteiger partial charge in [-0.15, -0.1) is 23.7 Å². The quantitative estimate of drug-likeness (QED) is 0.859. The number of hydrogen-bond acceptors (Lipinski definition) is 3. The van der Waals surface area contributed by atoms with Gasteiger partial charge in [0.05, 0.1) is 0 Å². The summed E-state index contributed by atoms with van der Waals surface area (Å²) in [5.41, 5.74) is 0. The molecule has 1 saturated heterocycles. The zero-order chi connectivity index (χ0) is 13.0. The molecule has 2 atom stereocenters. The zero-order valence-electron chi connectivity index (χ0n) is 10.9. The topological polar surface area (TPSA) is 41.1 Å². The highest BCUT2D eigenvalue weighted by Crippen LogP contribution is 2.21. The maximum Gasteiger partial charge on any atom is 0.220 e. The normalized spacial score (nSPS) is 22.6. The summed E-state index contributed by atoms with van der Waals surface area (Å²) >= 11 is 5.13. The van der Waals surface area contributed by atoms with Crippen molar-refractivity contribution >= 4 is 45.6 Å². The first-order valence-corrected chi connectivity index (χ1v) is 8.05. The van der Waals surface area contributed by atoms with Crippen molar-refractivity contribution in [3.63, 3.8) is 0 Å². The third-order valence-corrected chi connectivity index (χ3v) is 5.11. The van der Waals surface area contributed by atoms with E-state index in [1.54, 1.807) is 11.3 Å². The number of halogens is 2. The fourth-order valence-corrected chi connectivity index (χ4v) is 3.68. The molecule has 2 rings (SSSR count). The van der Waals surface area contributed by atoms with E-state index in [-0.39, 0.29) is 18.3 Å². The molecule has 6 heteroatoms. The summed E-state index contributed by atoms with van der Waals surface area (Å²) in [5, 5.41) is 8.56. The third kappa shape index (κ3) is 5.42. The first-order chi connectivity index (χ1) is 8.65. The first-order valence-electron chi connectivity index (χ1n) is 6.38. The van der Waals surface area contributed by atoms with Crippen LogP contribution in [-0.4, -0.2) is 25.0 Å². The van der Waals surface area contributed by atoms with Crippen LogP contribution >= 0.6 is 39.7 Å². The molecule has 0 aliphatic carbocycles. The maximum absolute atomic E-state index is 11.9. The lowest BCUT2D eigenvalue weighted by Gasteiger charge is -2.30. The van der Waals surface area contributed by atoms with Crippen LogP contribution in [0.2, 0.25) is 0 Å². The molecule has 1 aliphatic rings. The van der Waals surface area contributed by atoms with Gasteiger partial charge in [-0.25, -0.2) is 0 Å². The Kier molecular flexibility index (Phi) is 7.36. The SMILES string of the molecule is CC1CNCCC1NC(=O)CCc1cc(Br)cs1.Cl. The number of rotatable bonds is 4. The van der Waals surface area contributed by atoms with E-state index in [0.717, 1.165) is 30.4 Å². The van der Waals surface area contributed by atoms with E-state index in [1.165, 1.54) is 4.88 Å². The van der Waals surface area contributed by atoms with Crippen molar-refractivity contribution in [3.8, 4) is 0 Å². The molecule has 0 bridgehead atoms. The van der Waals surface area contributed by atoms with Crippen LogP contribution in [0.25, 0.3) is 0 Å². The molecule has 2 N–H and O–H groups in total.